The van der Waals surface area contributed by atoms with Gasteiger partial charge < -0.3 is 9.13 Å². The number of rotatable bonds is 12. The smallest absolute Gasteiger partial charge is 0.111 e. The van der Waals surface area contributed by atoms with Crippen molar-refractivity contribution in [1.82, 2.24) is 19.1 Å². The maximum atomic E-state index is 4.63. The predicted molar refractivity (Wildman–Crippen MR) is 100 cm³/mol. The number of aromatic nitrogens is 4. The monoisotopic (exact) mass is 330 g/mol. The van der Waals surface area contributed by atoms with Gasteiger partial charge in [-0.05, 0) is 19.3 Å². The molecule has 0 amide bonds. The molecule has 0 aromatic carbocycles. The van der Waals surface area contributed by atoms with Crippen molar-refractivity contribution in [3.05, 3.63) is 36.4 Å². The Labute approximate surface area is 147 Å². The molecule has 4 heteroatoms. The summed E-state index contributed by atoms with van der Waals surface area (Å²) in [5, 5.41) is 0. The van der Waals surface area contributed by atoms with E-state index < -0.39 is 0 Å². The average Bonchev–Trinajstić information content (AvgIpc) is 3.21. The molecule has 0 spiro atoms. The van der Waals surface area contributed by atoms with Crippen LogP contribution in [0.4, 0.5) is 0 Å². The topological polar surface area (TPSA) is 35.6 Å². The molecule has 0 aliphatic rings. The summed E-state index contributed by atoms with van der Waals surface area (Å²) in [5.41, 5.74) is 1.33. The van der Waals surface area contributed by atoms with Crippen molar-refractivity contribution in [2.45, 2.75) is 91.1 Å². The Morgan fingerprint density at radius 1 is 0.958 bits per heavy atom. The summed E-state index contributed by atoms with van der Waals surface area (Å²) < 4.78 is 4.67. The third-order valence-corrected chi connectivity index (χ3v) is 4.76. The first-order valence-corrected chi connectivity index (χ1v) is 9.76. The van der Waals surface area contributed by atoms with Gasteiger partial charge in [-0.1, -0.05) is 52.9 Å². The van der Waals surface area contributed by atoms with Gasteiger partial charge in [0.15, 0.2) is 0 Å². The Morgan fingerprint density at radius 3 is 2.46 bits per heavy atom. The van der Waals surface area contributed by atoms with E-state index >= 15 is 0 Å². The van der Waals surface area contributed by atoms with Crippen molar-refractivity contribution in [3.63, 3.8) is 0 Å². The molecule has 2 heterocycles. The third-order valence-electron chi connectivity index (χ3n) is 4.76. The maximum absolute atomic E-state index is 4.63. The number of nitrogens with zero attached hydrogens (tertiary/aromatic N) is 4. The molecule has 134 valence electrons. The second-order valence-corrected chi connectivity index (χ2v) is 6.93. The lowest BCUT2D eigenvalue weighted by molar-refractivity contribution is 0.530. The van der Waals surface area contributed by atoms with Crippen LogP contribution in [-0.2, 0) is 19.5 Å². The molecule has 0 bridgehead atoms. The van der Waals surface area contributed by atoms with E-state index in [9.17, 15) is 0 Å². The Balaban J connectivity index is 1.92. The number of hydrogen-bond acceptors (Lipinski definition) is 2. The van der Waals surface area contributed by atoms with E-state index in [4.69, 9.17) is 0 Å². The largest absolute Gasteiger partial charge is 0.335 e. The molecule has 0 aliphatic carbocycles. The summed E-state index contributed by atoms with van der Waals surface area (Å²) in [4.78, 5) is 9.00. The number of aryl methyl sites for hydroxylation is 2. The lowest BCUT2D eigenvalue weighted by Gasteiger charge is -2.15. The highest BCUT2D eigenvalue weighted by atomic mass is 15.1. The normalized spacial score (nSPS) is 12.6. The quantitative estimate of drug-likeness (QED) is 0.502. The van der Waals surface area contributed by atoms with Crippen LogP contribution in [0.15, 0.2) is 24.9 Å². The first kappa shape index (κ1) is 18.8. The van der Waals surface area contributed by atoms with E-state index in [-0.39, 0.29) is 0 Å². The minimum Gasteiger partial charge on any atom is -0.335 e. The van der Waals surface area contributed by atoms with E-state index in [1.54, 1.807) is 0 Å². The Morgan fingerprint density at radius 2 is 1.67 bits per heavy atom. The molecule has 0 radical (unpaired) electrons. The van der Waals surface area contributed by atoms with Crippen molar-refractivity contribution in [3.8, 4) is 0 Å². The van der Waals surface area contributed by atoms with E-state index in [1.165, 1.54) is 56.5 Å². The molecule has 2 rings (SSSR count). The van der Waals surface area contributed by atoms with Gasteiger partial charge in [0, 0.05) is 43.3 Å². The molecule has 0 N–H and O–H groups in total. The van der Waals surface area contributed by atoms with Crippen LogP contribution in [0.25, 0.3) is 0 Å². The zero-order valence-electron chi connectivity index (χ0n) is 15.7. The van der Waals surface area contributed by atoms with E-state index in [0.29, 0.717) is 5.92 Å². The zero-order chi connectivity index (χ0) is 17.2. The third kappa shape index (κ3) is 5.50. The second-order valence-electron chi connectivity index (χ2n) is 6.93. The van der Waals surface area contributed by atoms with Crippen LogP contribution in [0.5, 0.6) is 0 Å². The number of imidazole rings is 2. The van der Waals surface area contributed by atoms with Crippen molar-refractivity contribution < 1.29 is 0 Å². The standard InChI is InChI=1S/C20H34N4/c1-4-6-8-10-12-23-14-11-22-20(23)18(3)15-19-16-21-17-24(19)13-9-7-5-2/h11,14,16-18H,4-10,12-13,15H2,1-3H3. The fourth-order valence-electron chi connectivity index (χ4n) is 3.31. The summed E-state index contributed by atoms with van der Waals surface area (Å²) in [7, 11) is 0. The fraction of sp³-hybridized carbons (Fsp3) is 0.700. The van der Waals surface area contributed by atoms with Gasteiger partial charge in [-0.15, -0.1) is 0 Å². The van der Waals surface area contributed by atoms with Gasteiger partial charge >= 0.3 is 0 Å². The summed E-state index contributed by atoms with van der Waals surface area (Å²) in [5.74, 6) is 1.64. The highest BCUT2D eigenvalue weighted by Gasteiger charge is 2.15. The Kier molecular flexibility index (Phi) is 8.06. The maximum Gasteiger partial charge on any atom is 0.111 e. The van der Waals surface area contributed by atoms with Crippen molar-refractivity contribution >= 4 is 0 Å². The molecule has 2 aromatic heterocycles. The lowest BCUT2D eigenvalue weighted by atomic mass is 10.0. The minimum atomic E-state index is 0.424. The van der Waals surface area contributed by atoms with Crippen LogP contribution in [0, 0.1) is 0 Å². The fourth-order valence-corrected chi connectivity index (χ4v) is 3.31. The SMILES string of the molecule is CCCCCCn1ccnc1C(C)Cc1cncn1CCCCC. The highest BCUT2D eigenvalue weighted by Crippen LogP contribution is 2.20. The molecule has 0 aliphatic heterocycles. The van der Waals surface area contributed by atoms with Crippen LogP contribution in [0.1, 0.15) is 83.2 Å². The van der Waals surface area contributed by atoms with E-state index in [1.807, 2.05) is 18.7 Å². The Bertz CT molecular complexity index is 570. The summed E-state index contributed by atoms with van der Waals surface area (Å²) >= 11 is 0. The van der Waals surface area contributed by atoms with Crippen LogP contribution < -0.4 is 0 Å². The van der Waals surface area contributed by atoms with Gasteiger partial charge in [-0.3, -0.25) is 0 Å². The van der Waals surface area contributed by atoms with E-state index in [0.717, 1.165) is 19.5 Å². The molecule has 1 atom stereocenters. The Hall–Kier alpha value is -1.58. The molecule has 4 nitrogen and oxygen atoms in total. The average molecular weight is 331 g/mol. The summed E-state index contributed by atoms with van der Waals surface area (Å²) in [6, 6.07) is 0. The molecular formula is C20H34N4. The van der Waals surface area contributed by atoms with Crippen molar-refractivity contribution in [2.75, 3.05) is 0 Å². The molecular weight excluding hydrogens is 296 g/mol. The molecule has 1 unspecified atom stereocenters. The van der Waals surface area contributed by atoms with E-state index in [2.05, 4.69) is 46.1 Å². The summed E-state index contributed by atoms with van der Waals surface area (Å²) in [6.45, 7) is 8.97. The van der Waals surface area contributed by atoms with Gasteiger partial charge in [-0.25, -0.2) is 9.97 Å². The first-order chi connectivity index (χ1) is 11.8. The van der Waals surface area contributed by atoms with Crippen molar-refractivity contribution in [2.24, 2.45) is 0 Å². The van der Waals surface area contributed by atoms with Crippen LogP contribution >= 0.6 is 0 Å². The lowest BCUT2D eigenvalue weighted by Crippen LogP contribution is -2.11. The van der Waals surface area contributed by atoms with Gasteiger partial charge in [0.1, 0.15) is 5.82 Å². The van der Waals surface area contributed by atoms with Gasteiger partial charge in [-0.2, -0.15) is 0 Å². The number of unbranched alkanes of at least 4 members (excludes halogenated alkanes) is 5. The molecule has 0 saturated carbocycles. The van der Waals surface area contributed by atoms with Crippen LogP contribution in [0.3, 0.4) is 0 Å². The van der Waals surface area contributed by atoms with Crippen molar-refractivity contribution in [1.29, 1.82) is 0 Å². The van der Waals surface area contributed by atoms with Gasteiger partial charge in [0.05, 0.1) is 6.33 Å². The van der Waals surface area contributed by atoms with Crippen LogP contribution in [-0.4, -0.2) is 19.1 Å². The highest BCUT2D eigenvalue weighted by molar-refractivity contribution is 5.07. The van der Waals surface area contributed by atoms with Crippen LogP contribution in [0.2, 0.25) is 0 Å². The first-order valence-electron chi connectivity index (χ1n) is 9.76. The summed E-state index contributed by atoms with van der Waals surface area (Å²) in [6.07, 6.45) is 18.1. The molecule has 2 aromatic rings. The van der Waals surface area contributed by atoms with Gasteiger partial charge in [0.25, 0.3) is 0 Å². The second kappa shape index (κ2) is 10.3. The molecule has 0 fully saturated rings. The minimum absolute atomic E-state index is 0.424. The predicted octanol–water partition coefficient (Wildman–Crippen LogP) is 5.20. The number of hydrogen-bond donors (Lipinski definition) is 0. The van der Waals surface area contributed by atoms with Gasteiger partial charge in [0.2, 0.25) is 0 Å². The molecule has 0 saturated heterocycles. The molecule has 24 heavy (non-hydrogen) atoms. The zero-order valence-corrected chi connectivity index (χ0v) is 15.7.